The third-order valence-electron chi connectivity index (χ3n) is 6.23. The van der Waals surface area contributed by atoms with Crippen molar-refractivity contribution >= 4 is 0 Å². The van der Waals surface area contributed by atoms with E-state index < -0.39 is 0 Å². The molecule has 0 saturated heterocycles. The molecule has 3 aromatic carbocycles. The van der Waals surface area contributed by atoms with Crippen molar-refractivity contribution in [3.8, 4) is 22.6 Å². The number of aryl methyl sites for hydroxylation is 1. The first-order chi connectivity index (χ1) is 16.2. The standard InChI is InChI=1S/C30H35N3/c1-4-6-21-33-28(23-32(5-2)22-25-19-17-24(3)18-20-25)29(26-13-9-7-10-14-26)31-30(33)27-15-11-8-12-16-27/h7-20H,4-6,21-23H2,1-3H3. The largest absolute Gasteiger partial charge is 0.326 e. The molecular weight excluding hydrogens is 402 g/mol. The van der Waals surface area contributed by atoms with Crippen molar-refractivity contribution in [3.05, 3.63) is 102 Å². The Morgan fingerprint density at radius 1 is 0.758 bits per heavy atom. The van der Waals surface area contributed by atoms with Crippen LogP contribution in [0.5, 0.6) is 0 Å². The highest BCUT2D eigenvalue weighted by molar-refractivity contribution is 5.68. The van der Waals surface area contributed by atoms with E-state index in [1.54, 1.807) is 0 Å². The molecule has 0 aliphatic heterocycles. The number of hydrogen-bond donors (Lipinski definition) is 0. The Kier molecular flexibility index (Phi) is 7.74. The Bertz CT molecular complexity index is 1130. The molecule has 4 aromatic rings. The van der Waals surface area contributed by atoms with E-state index in [1.807, 2.05) is 0 Å². The Balaban J connectivity index is 1.77. The van der Waals surface area contributed by atoms with E-state index in [1.165, 1.54) is 27.9 Å². The molecule has 0 saturated carbocycles. The molecule has 0 radical (unpaired) electrons. The predicted octanol–water partition coefficient (Wildman–Crippen LogP) is 7.35. The van der Waals surface area contributed by atoms with E-state index in [2.05, 4.69) is 115 Å². The zero-order chi connectivity index (χ0) is 23.0. The van der Waals surface area contributed by atoms with Gasteiger partial charge in [-0.2, -0.15) is 0 Å². The molecule has 0 amide bonds. The van der Waals surface area contributed by atoms with Gasteiger partial charge in [-0.05, 0) is 25.5 Å². The fourth-order valence-corrected chi connectivity index (χ4v) is 4.28. The van der Waals surface area contributed by atoms with Gasteiger partial charge in [-0.3, -0.25) is 4.90 Å². The third-order valence-corrected chi connectivity index (χ3v) is 6.23. The first kappa shape index (κ1) is 23.0. The fraction of sp³-hybridized carbons (Fsp3) is 0.300. The van der Waals surface area contributed by atoms with E-state index in [9.17, 15) is 0 Å². The summed E-state index contributed by atoms with van der Waals surface area (Å²) >= 11 is 0. The topological polar surface area (TPSA) is 21.1 Å². The van der Waals surface area contributed by atoms with Gasteiger partial charge in [0.05, 0.1) is 11.4 Å². The van der Waals surface area contributed by atoms with Gasteiger partial charge in [0.25, 0.3) is 0 Å². The van der Waals surface area contributed by atoms with Crippen LogP contribution in [0.15, 0.2) is 84.9 Å². The summed E-state index contributed by atoms with van der Waals surface area (Å²) in [6.07, 6.45) is 2.30. The number of imidazole rings is 1. The van der Waals surface area contributed by atoms with Gasteiger partial charge in [0, 0.05) is 30.8 Å². The normalized spacial score (nSPS) is 11.3. The quantitative estimate of drug-likeness (QED) is 0.259. The summed E-state index contributed by atoms with van der Waals surface area (Å²) in [4.78, 5) is 7.77. The summed E-state index contributed by atoms with van der Waals surface area (Å²) < 4.78 is 2.47. The Hall–Kier alpha value is -3.17. The van der Waals surface area contributed by atoms with Gasteiger partial charge >= 0.3 is 0 Å². The Morgan fingerprint density at radius 3 is 2.00 bits per heavy atom. The molecule has 3 nitrogen and oxygen atoms in total. The van der Waals surface area contributed by atoms with Crippen LogP contribution in [-0.2, 0) is 19.6 Å². The van der Waals surface area contributed by atoms with E-state index in [4.69, 9.17) is 4.98 Å². The van der Waals surface area contributed by atoms with Crippen LogP contribution in [0.3, 0.4) is 0 Å². The molecule has 1 aromatic heterocycles. The van der Waals surface area contributed by atoms with Crippen molar-refractivity contribution in [1.82, 2.24) is 14.5 Å². The van der Waals surface area contributed by atoms with E-state index in [-0.39, 0.29) is 0 Å². The average molecular weight is 438 g/mol. The zero-order valence-corrected chi connectivity index (χ0v) is 20.2. The van der Waals surface area contributed by atoms with Crippen molar-refractivity contribution in [3.63, 3.8) is 0 Å². The number of benzene rings is 3. The summed E-state index contributed by atoms with van der Waals surface area (Å²) in [6, 6.07) is 30.2. The molecule has 1 heterocycles. The summed E-state index contributed by atoms with van der Waals surface area (Å²) in [5.74, 6) is 1.07. The molecule has 3 heteroatoms. The smallest absolute Gasteiger partial charge is 0.140 e. The van der Waals surface area contributed by atoms with E-state index in [0.29, 0.717) is 0 Å². The number of unbranched alkanes of at least 4 members (excludes halogenated alkanes) is 1. The van der Waals surface area contributed by atoms with E-state index >= 15 is 0 Å². The van der Waals surface area contributed by atoms with Crippen LogP contribution in [-0.4, -0.2) is 21.0 Å². The van der Waals surface area contributed by atoms with Crippen molar-refractivity contribution in [1.29, 1.82) is 0 Å². The molecule has 0 fully saturated rings. The van der Waals surface area contributed by atoms with Gasteiger partial charge < -0.3 is 4.57 Å². The zero-order valence-electron chi connectivity index (χ0n) is 20.2. The van der Waals surface area contributed by atoms with Crippen LogP contribution in [0.25, 0.3) is 22.6 Å². The summed E-state index contributed by atoms with van der Waals surface area (Å²) in [6.45, 7) is 10.4. The Morgan fingerprint density at radius 2 is 1.39 bits per heavy atom. The maximum Gasteiger partial charge on any atom is 0.140 e. The maximum atomic E-state index is 5.25. The van der Waals surface area contributed by atoms with Gasteiger partial charge in [0.2, 0.25) is 0 Å². The first-order valence-corrected chi connectivity index (χ1v) is 12.2. The van der Waals surface area contributed by atoms with Crippen molar-refractivity contribution < 1.29 is 0 Å². The lowest BCUT2D eigenvalue weighted by atomic mass is 10.1. The van der Waals surface area contributed by atoms with Crippen LogP contribution in [0.1, 0.15) is 43.5 Å². The minimum atomic E-state index is 0.873. The number of rotatable bonds is 10. The van der Waals surface area contributed by atoms with Crippen LogP contribution in [0.2, 0.25) is 0 Å². The fourth-order valence-electron chi connectivity index (χ4n) is 4.28. The lowest BCUT2D eigenvalue weighted by Crippen LogP contribution is -2.24. The Labute approximate surface area is 198 Å². The molecule has 0 bridgehead atoms. The highest BCUT2D eigenvalue weighted by Crippen LogP contribution is 2.31. The predicted molar refractivity (Wildman–Crippen MR) is 139 cm³/mol. The second-order valence-electron chi connectivity index (χ2n) is 8.76. The monoisotopic (exact) mass is 437 g/mol. The second-order valence-corrected chi connectivity index (χ2v) is 8.76. The molecule has 4 rings (SSSR count). The first-order valence-electron chi connectivity index (χ1n) is 12.2. The van der Waals surface area contributed by atoms with Crippen molar-refractivity contribution in [2.75, 3.05) is 6.54 Å². The lowest BCUT2D eigenvalue weighted by Gasteiger charge is -2.23. The molecule has 0 atom stereocenters. The van der Waals surface area contributed by atoms with Gasteiger partial charge in [0.15, 0.2) is 0 Å². The van der Waals surface area contributed by atoms with E-state index in [0.717, 1.165) is 50.5 Å². The van der Waals surface area contributed by atoms with Gasteiger partial charge in [0.1, 0.15) is 5.82 Å². The SMILES string of the molecule is CCCCn1c(-c2ccccc2)nc(-c2ccccc2)c1CN(CC)Cc1ccc(C)cc1. The summed E-state index contributed by atoms with van der Waals surface area (Å²) in [5.41, 5.74) is 7.44. The van der Waals surface area contributed by atoms with Crippen LogP contribution in [0, 0.1) is 6.92 Å². The van der Waals surface area contributed by atoms with Crippen LogP contribution < -0.4 is 0 Å². The molecule has 0 aliphatic rings. The summed E-state index contributed by atoms with van der Waals surface area (Å²) in [5, 5.41) is 0. The van der Waals surface area contributed by atoms with Gasteiger partial charge in [-0.15, -0.1) is 0 Å². The average Bonchev–Trinajstić information content (AvgIpc) is 3.22. The lowest BCUT2D eigenvalue weighted by molar-refractivity contribution is 0.264. The van der Waals surface area contributed by atoms with Crippen LogP contribution in [0.4, 0.5) is 0 Å². The maximum absolute atomic E-state index is 5.25. The third kappa shape index (κ3) is 5.61. The van der Waals surface area contributed by atoms with Gasteiger partial charge in [-0.1, -0.05) is 111 Å². The molecule has 0 unspecified atom stereocenters. The minimum Gasteiger partial charge on any atom is -0.326 e. The number of nitrogens with zero attached hydrogens (tertiary/aromatic N) is 3. The second kappa shape index (κ2) is 11.1. The van der Waals surface area contributed by atoms with Crippen molar-refractivity contribution in [2.24, 2.45) is 0 Å². The molecule has 170 valence electrons. The molecule has 0 aliphatic carbocycles. The highest BCUT2D eigenvalue weighted by Gasteiger charge is 2.21. The number of hydrogen-bond acceptors (Lipinski definition) is 2. The van der Waals surface area contributed by atoms with Crippen molar-refractivity contribution in [2.45, 2.75) is 53.2 Å². The molecule has 0 spiro atoms. The molecular formula is C30H35N3. The molecule has 33 heavy (non-hydrogen) atoms. The van der Waals surface area contributed by atoms with Gasteiger partial charge in [-0.25, -0.2) is 4.98 Å². The summed E-state index contributed by atoms with van der Waals surface area (Å²) in [7, 11) is 0. The minimum absolute atomic E-state index is 0.873. The number of aromatic nitrogens is 2. The highest BCUT2D eigenvalue weighted by atomic mass is 15.2. The van der Waals surface area contributed by atoms with Crippen LogP contribution >= 0.6 is 0 Å². The molecule has 0 N–H and O–H groups in total.